The minimum Gasteiger partial charge on any atom is -0.339 e. The molecule has 6 heteroatoms. The molecule has 0 aliphatic carbocycles. The van der Waals surface area contributed by atoms with E-state index in [0.717, 1.165) is 16.6 Å². The fourth-order valence-electron chi connectivity index (χ4n) is 2.07. The number of para-hydroxylation sites is 1. The topological polar surface area (TPSA) is 54.9 Å². The van der Waals surface area contributed by atoms with Gasteiger partial charge in [-0.25, -0.2) is 9.97 Å². The summed E-state index contributed by atoms with van der Waals surface area (Å²) in [5, 5.41) is 4.25. The van der Waals surface area contributed by atoms with Crippen molar-refractivity contribution in [3.63, 3.8) is 0 Å². The maximum absolute atomic E-state index is 12.4. The molecule has 1 N–H and O–H groups in total. The van der Waals surface area contributed by atoms with Crippen molar-refractivity contribution in [3.05, 3.63) is 41.3 Å². The lowest BCUT2D eigenvalue weighted by molar-refractivity contribution is 0.588. The lowest BCUT2D eigenvalue weighted by Gasteiger charge is -2.17. The maximum atomic E-state index is 12.4. The third-order valence-electron chi connectivity index (χ3n) is 3.15. The first-order valence-corrected chi connectivity index (χ1v) is 9.71. The molecule has 0 atom stereocenters. The predicted octanol–water partition coefficient (Wildman–Crippen LogP) is 4.25. The lowest BCUT2D eigenvalue weighted by atomic mass is 10.1. The minimum atomic E-state index is -2.38. The van der Waals surface area contributed by atoms with E-state index in [2.05, 4.69) is 29.1 Å². The third kappa shape index (κ3) is 3.84. The average molecular weight is 324 g/mol. The molecular weight excluding hydrogens is 305 g/mol. The van der Waals surface area contributed by atoms with Gasteiger partial charge in [0.25, 0.3) is 0 Å². The lowest BCUT2D eigenvalue weighted by Crippen LogP contribution is -2.11. The molecule has 0 fully saturated rings. The van der Waals surface area contributed by atoms with Crippen LogP contribution in [0, 0.1) is 0 Å². The molecule has 21 heavy (non-hydrogen) atoms. The van der Waals surface area contributed by atoms with E-state index in [0.29, 0.717) is 5.82 Å². The number of benzene rings is 1. The van der Waals surface area contributed by atoms with Crippen LogP contribution >= 0.6 is 18.7 Å². The van der Waals surface area contributed by atoms with E-state index in [4.69, 9.17) is 11.6 Å². The van der Waals surface area contributed by atoms with Crippen molar-refractivity contribution in [3.8, 4) is 0 Å². The van der Waals surface area contributed by atoms with E-state index >= 15 is 0 Å². The SMILES string of the molecule is CC(C)c1cnc(Cl)nc1Nc1ccccc1P(C)(C)=O. The highest BCUT2D eigenvalue weighted by Crippen LogP contribution is 2.38. The smallest absolute Gasteiger partial charge is 0.224 e. The monoisotopic (exact) mass is 323 g/mol. The number of aromatic nitrogens is 2. The molecule has 0 saturated heterocycles. The van der Waals surface area contributed by atoms with Crippen LogP contribution in [-0.2, 0) is 4.57 Å². The van der Waals surface area contributed by atoms with Gasteiger partial charge in [-0.2, -0.15) is 0 Å². The third-order valence-corrected chi connectivity index (χ3v) is 4.88. The van der Waals surface area contributed by atoms with E-state index in [1.807, 2.05) is 24.3 Å². The second-order valence-electron chi connectivity index (χ2n) is 5.59. The van der Waals surface area contributed by atoms with E-state index in [-0.39, 0.29) is 11.2 Å². The number of anilines is 2. The molecular formula is C15H19ClN3OP. The second kappa shape index (κ2) is 6.17. The highest BCUT2D eigenvalue weighted by Gasteiger charge is 2.17. The van der Waals surface area contributed by atoms with E-state index in [1.165, 1.54) is 0 Å². The van der Waals surface area contributed by atoms with Gasteiger partial charge in [0.15, 0.2) is 0 Å². The Labute approximate surface area is 130 Å². The molecule has 2 rings (SSSR count). The van der Waals surface area contributed by atoms with Crippen molar-refractivity contribution >= 4 is 35.6 Å². The standard InChI is InChI=1S/C15H19ClN3OP/c1-10(2)11-9-17-15(16)19-14(11)18-12-7-5-6-8-13(12)21(3,4)20/h5-10H,1-4H3,(H,17,18,19). The molecule has 0 bridgehead atoms. The molecule has 4 nitrogen and oxygen atoms in total. The summed E-state index contributed by atoms with van der Waals surface area (Å²) in [7, 11) is -2.38. The summed E-state index contributed by atoms with van der Waals surface area (Å²) in [6, 6.07) is 7.56. The average Bonchev–Trinajstić information content (AvgIpc) is 2.37. The van der Waals surface area contributed by atoms with Crippen LogP contribution in [0.2, 0.25) is 5.28 Å². The maximum Gasteiger partial charge on any atom is 0.224 e. The summed E-state index contributed by atoms with van der Waals surface area (Å²) < 4.78 is 12.4. The van der Waals surface area contributed by atoms with Crippen molar-refractivity contribution < 1.29 is 4.57 Å². The van der Waals surface area contributed by atoms with Gasteiger partial charge in [0.05, 0.1) is 5.69 Å². The van der Waals surface area contributed by atoms with Gasteiger partial charge in [0.1, 0.15) is 13.0 Å². The van der Waals surface area contributed by atoms with Crippen molar-refractivity contribution in [2.45, 2.75) is 19.8 Å². The van der Waals surface area contributed by atoms with Crippen LogP contribution in [0.15, 0.2) is 30.5 Å². The molecule has 0 radical (unpaired) electrons. The van der Waals surface area contributed by atoms with Crippen molar-refractivity contribution in [2.75, 3.05) is 18.6 Å². The fraction of sp³-hybridized carbons (Fsp3) is 0.333. The fourth-order valence-corrected chi connectivity index (χ4v) is 3.36. The first-order valence-electron chi connectivity index (χ1n) is 6.73. The van der Waals surface area contributed by atoms with Crippen LogP contribution in [0.25, 0.3) is 0 Å². The Morgan fingerprint density at radius 2 is 1.90 bits per heavy atom. The number of hydrogen-bond donors (Lipinski definition) is 1. The summed E-state index contributed by atoms with van der Waals surface area (Å²) in [5.74, 6) is 0.915. The summed E-state index contributed by atoms with van der Waals surface area (Å²) in [6.45, 7) is 7.64. The number of hydrogen-bond acceptors (Lipinski definition) is 4. The predicted molar refractivity (Wildman–Crippen MR) is 89.9 cm³/mol. The quantitative estimate of drug-likeness (QED) is 0.675. The summed E-state index contributed by atoms with van der Waals surface area (Å²) in [6.07, 6.45) is 1.72. The van der Waals surface area contributed by atoms with Crippen molar-refractivity contribution in [2.24, 2.45) is 0 Å². The number of rotatable bonds is 4. The van der Waals surface area contributed by atoms with Crippen LogP contribution in [0.1, 0.15) is 25.3 Å². The molecule has 0 aliphatic rings. The summed E-state index contributed by atoms with van der Waals surface area (Å²) >= 11 is 5.90. The second-order valence-corrected chi connectivity index (χ2v) is 9.11. The highest BCUT2D eigenvalue weighted by molar-refractivity contribution is 7.70. The molecule has 2 aromatic rings. The van der Waals surface area contributed by atoms with Crippen LogP contribution in [0.5, 0.6) is 0 Å². The first kappa shape index (κ1) is 16.0. The molecule has 1 aromatic heterocycles. The molecule has 0 aliphatic heterocycles. The minimum absolute atomic E-state index is 0.190. The zero-order valence-corrected chi connectivity index (χ0v) is 14.2. The van der Waals surface area contributed by atoms with E-state index in [9.17, 15) is 4.57 Å². The number of nitrogens with zero attached hydrogens (tertiary/aromatic N) is 2. The van der Waals surface area contributed by atoms with E-state index < -0.39 is 7.14 Å². The molecule has 0 unspecified atom stereocenters. The Morgan fingerprint density at radius 3 is 2.52 bits per heavy atom. The normalized spacial score (nSPS) is 11.7. The van der Waals surface area contributed by atoms with Gasteiger partial charge in [-0.3, -0.25) is 0 Å². The van der Waals surface area contributed by atoms with Crippen molar-refractivity contribution in [1.82, 2.24) is 9.97 Å². The largest absolute Gasteiger partial charge is 0.339 e. The van der Waals surface area contributed by atoms with Gasteiger partial charge in [-0.05, 0) is 43.0 Å². The van der Waals surface area contributed by atoms with Gasteiger partial charge in [-0.1, -0.05) is 26.0 Å². The van der Waals surface area contributed by atoms with Crippen LogP contribution in [0.4, 0.5) is 11.5 Å². The molecule has 1 heterocycles. The van der Waals surface area contributed by atoms with E-state index in [1.54, 1.807) is 19.5 Å². The zero-order chi connectivity index (χ0) is 15.6. The molecule has 0 saturated carbocycles. The Hall–Kier alpha value is -1.38. The van der Waals surface area contributed by atoms with Gasteiger partial charge >= 0.3 is 0 Å². The van der Waals surface area contributed by atoms with Gasteiger partial charge in [0.2, 0.25) is 5.28 Å². The molecule has 1 aromatic carbocycles. The first-order chi connectivity index (χ1) is 9.79. The molecule has 0 spiro atoms. The molecule has 0 amide bonds. The van der Waals surface area contributed by atoms with Gasteiger partial charge in [0, 0.05) is 17.1 Å². The van der Waals surface area contributed by atoms with Gasteiger partial charge in [-0.15, -0.1) is 0 Å². The van der Waals surface area contributed by atoms with Crippen molar-refractivity contribution in [1.29, 1.82) is 0 Å². The Kier molecular flexibility index (Phi) is 4.70. The van der Waals surface area contributed by atoms with Crippen LogP contribution in [-0.4, -0.2) is 23.3 Å². The van der Waals surface area contributed by atoms with Crippen LogP contribution < -0.4 is 10.6 Å². The Balaban J connectivity index is 2.49. The Bertz CT molecular complexity index is 697. The summed E-state index contributed by atoms with van der Waals surface area (Å²) in [4.78, 5) is 8.30. The Morgan fingerprint density at radius 1 is 1.24 bits per heavy atom. The highest BCUT2D eigenvalue weighted by atomic mass is 35.5. The molecule has 112 valence electrons. The number of halogens is 1. The summed E-state index contributed by atoms with van der Waals surface area (Å²) in [5.41, 5.74) is 1.76. The van der Waals surface area contributed by atoms with Crippen LogP contribution in [0.3, 0.4) is 0 Å². The number of nitrogens with one attached hydrogen (secondary N) is 1. The van der Waals surface area contributed by atoms with Gasteiger partial charge < -0.3 is 9.88 Å². The zero-order valence-electron chi connectivity index (χ0n) is 12.6.